The van der Waals surface area contributed by atoms with Crippen LogP contribution in [-0.2, 0) is 23.1 Å². The molecule has 23 heavy (non-hydrogen) atoms. The lowest BCUT2D eigenvalue weighted by Gasteiger charge is -2.17. The zero-order valence-corrected chi connectivity index (χ0v) is 13.2. The van der Waals surface area contributed by atoms with Gasteiger partial charge in [-0.3, -0.25) is 9.48 Å². The van der Waals surface area contributed by atoms with Crippen LogP contribution in [0.2, 0.25) is 0 Å². The Labute approximate surface area is 134 Å². The molecule has 7 heteroatoms. The number of aromatic nitrogens is 3. The van der Waals surface area contributed by atoms with Crippen LogP contribution in [-0.4, -0.2) is 34.4 Å². The quantitative estimate of drug-likeness (QED) is 0.897. The monoisotopic (exact) mass is 316 g/mol. The highest BCUT2D eigenvalue weighted by atomic mass is 16.5. The molecule has 3 heterocycles. The number of rotatable bonds is 5. The summed E-state index contributed by atoms with van der Waals surface area (Å²) < 4.78 is 12.5. The Morgan fingerprint density at radius 1 is 1.57 bits per heavy atom. The van der Waals surface area contributed by atoms with Gasteiger partial charge in [-0.1, -0.05) is 0 Å². The van der Waals surface area contributed by atoms with Crippen molar-refractivity contribution in [3.8, 4) is 5.88 Å². The summed E-state index contributed by atoms with van der Waals surface area (Å²) in [5, 5.41) is 7.12. The SMILES string of the molecule is COc1cc(CNC(=O)[C@H]2CCO[C@@H]2c2cnn(C)c2)ccn1. The molecule has 0 saturated carbocycles. The Morgan fingerprint density at radius 3 is 3.17 bits per heavy atom. The second-order valence-electron chi connectivity index (χ2n) is 5.56. The fraction of sp³-hybridized carbons (Fsp3) is 0.438. The van der Waals surface area contributed by atoms with Crippen molar-refractivity contribution in [2.75, 3.05) is 13.7 Å². The minimum atomic E-state index is -0.226. The average Bonchev–Trinajstić information content (AvgIpc) is 3.21. The topological polar surface area (TPSA) is 78.3 Å². The van der Waals surface area contributed by atoms with Crippen LogP contribution < -0.4 is 10.1 Å². The number of carbonyl (C=O) groups is 1. The third kappa shape index (κ3) is 3.50. The van der Waals surface area contributed by atoms with E-state index < -0.39 is 0 Å². The van der Waals surface area contributed by atoms with Crippen molar-refractivity contribution in [1.82, 2.24) is 20.1 Å². The van der Waals surface area contributed by atoms with Crippen molar-refractivity contribution in [3.63, 3.8) is 0 Å². The summed E-state index contributed by atoms with van der Waals surface area (Å²) in [6, 6.07) is 3.66. The Bertz CT molecular complexity index is 685. The van der Waals surface area contributed by atoms with E-state index in [1.165, 1.54) is 0 Å². The molecule has 1 amide bonds. The summed E-state index contributed by atoms with van der Waals surface area (Å²) in [4.78, 5) is 16.6. The fourth-order valence-electron chi connectivity index (χ4n) is 2.77. The molecular formula is C16H20N4O3. The number of amides is 1. The third-order valence-corrected chi connectivity index (χ3v) is 3.96. The number of ether oxygens (including phenoxy) is 2. The predicted octanol–water partition coefficient (Wildman–Crippen LogP) is 1.22. The first-order valence-electron chi connectivity index (χ1n) is 7.54. The maximum Gasteiger partial charge on any atom is 0.226 e. The normalized spacial score (nSPS) is 20.4. The van der Waals surface area contributed by atoms with Gasteiger partial charge in [0.15, 0.2) is 0 Å². The minimum Gasteiger partial charge on any atom is -0.481 e. The van der Waals surface area contributed by atoms with Gasteiger partial charge in [-0.25, -0.2) is 4.98 Å². The maximum absolute atomic E-state index is 12.5. The summed E-state index contributed by atoms with van der Waals surface area (Å²) in [5.41, 5.74) is 1.89. The Morgan fingerprint density at radius 2 is 2.43 bits per heavy atom. The zero-order valence-electron chi connectivity index (χ0n) is 13.2. The standard InChI is InChI=1S/C16H20N4O3/c1-20-10-12(9-19-20)15-13(4-6-23-15)16(21)18-8-11-3-5-17-14(7-11)22-2/h3,5,7,9-10,13,15H,4,6,8H2,1-2H3,(H,18,21)/t13-,15+/m0/s1. The highest BCUT2D eigenvalue weighted by molar-refractivity contribution is 5.79. The van der Waals surface area contributed by atoms with E-state index in [9.17, 15) is 4.79 Å². The summed E-state index contributed by atoms with van der Waals surface area (Å²) in [6.07, 6.45) is 5.80. The van der Waals surface area contributed by atoms with Gasteiger partial charge in [0.05, 0.1) is 25.3 Å². The molecule has 0 aromatic carbocycles. The molecule has 0 bridgehead atoms. The highest BCUT2D eigenvalue weighted by Crippen LogP contribution is 2.34. The van der Waals surface area contributed by atoms with Gasteiger partial charge in [0, 0.05) is 44.2 Å². The molecule has 2 aromatic rings. The van der Waals surface area contributed by atoms with E-state index >= 15 is 0 Å². The van der Waals surface area contributed by atoms with Gasteiger partial charge in [-0.15, -0.1) is 0 Å². The van der Waals surface area contributed by atoms with Crippen LogP contribution in [0.4, 0.5) is 0 Å². The van der Waals surface area contributed by atoms with Gasteiger partial charge in [-0.2, -0.15) is 5.10 Å². The van der Waals surface area contributed by atoms with E-state index in [1.54, 1.807) is 24.2 Å². The number of hydrogen-bond acceptors (Lipinski definition) is 5. The number of nitrogens with zero attached hydrogens (tertiary/aromatic N) is 3. The van der Waals surface area contributed by atoms with Crippen molar-refractivity contribution in [3.05, 3.63) is 41.9 Å². The molecular weight excluding hydrogens is 296 g/mol. The molecule has 0 unspecified atom stereocenters. The summed E-state index contributed by atoms with van der Waals surface area (Å²) in [7, 11) is 3.42. The van der Waals surface area contributed by atoms with Crippen LogP contribution in [0.3, 0.4) is 0 Å². The molecule has 7 nitrogen and oxygen atoms in total. The molecule has 0 radical (unpaired) electrons. The highest BCUT2D eigenvalue weighted by Gasteiger charge is 2.35. The van der Waals surface area contributed by atoms with E-state index in [2.05, 4.69) is 15.4 Å². The Kier molecular flexibility index (Phi) is 4.57. The first kappa shape index (κ1) is 15.5. The van der Waals surface area contributed by atoms with Crippen molar-refractivity contribution < 1.29 is 14.3 Å². The fourth-order valence-corrected chi connectivity index (χ4v) is 2.77. The maximum atomic E-state index is 12.5. The minimum absolute atomic E-state index is 0.00729. The first-order valence-corrected chi connectivity index (χ1v) is 7.54. The molecule has 1 N–H and O–H groups in total. The Hall–Kier alpha value is -2.41. The summed E-state index contributed by atoms with van der Waals surface area (Å²) in [6.45, 7) is 1.02. The number of methoxy groups -OCH3 is 1. The van der Waals surface area contributed by atoms with Gasteiger partial charge < -0.3 is 14.8 Å². The lowest BCUT2D eigenvalue weighted by molar-refractivity contribution is -0.126. The van der Waals surface area contributed by atoms with E-state index in [4.69, 9.17) is 9.47 Å². The number of nitrogens with one attached hydrogen (secondary N) is 1. The number of hydrogen-bond donors (Lipinski definition) is 1. The molecule has 1 saturated heterocycles. The van der Waals surface area contributed by atoms with Crippen molar-refractivity contribution >= 4 is 5.91 Å². The molecule has 3 rings (SSSR count). The second kappa shape index (κ2) is 6.78. The smallest absolute Gasteiger partial charge is 0.226 e. The number of aryl methyl sites for hydroxylation is 1. The van der Waals surface area contributed by atoms with Crippen LogP contribution in [0.1, 0.15) is 23.7 Å². The molecule has 1 fully saturated rings. The van der Waals surface area contributed by atoms with Gasteiger partial charge in [0.2, 0.25) is 11.8 Å². The predicted molar refractivity (Wildman–Crippen MR) is 82.6 cm³/mol. The average molecular weight is 316 g/mol. The van der Waals surface area contributed by atoms with Crippen molar-refractivity contribution in [2.45, 2.75) is 19.1 Å². The van der Waals surface area contributed by atoms with Crippen LogP contribution in [0.25, 0.3) is 0 Å². The summed E-state index contributed by atoms with van der Waals surface area (Å²) >= 11 is 0. The van der Waals surface area contributed by atoms with E-state index in [-0.39, 0.29) is 17.9 Å². The van der Waals surface area contributed by atoms with Gasteiger partial charge in [0.25, 0.3) is 0 Å². The van der Waals surface area contributed by atoms with Gasteiger partial charge >= 0.3 is 0 Å². The van der Waals surface area contributed by atoms with Crippen LogP contribution in [0.5, 0.6) is 5.88 Å². The largest absolute Gasteiger partial charge is 0.481 e. The van der Waals surface area contributed by atoms with Crippen LogP contribution >= 0.6 is 0 Å². The molecule has 1 aliphatic heterocycles. The Balaban J connectivity index is 1.63. The van der Waals surface area contributed by atoms with Crippen molar-refractivity contribution in [1.29, 1.82) is 0 Å². The number of pyridine rings is 1. The van der Waals surface area contributed by atoms with E-state index in [1.807, 2.05) is 25.4 Å². The molecule has 122 valence electrons. The third-order valence-electron chi connectivity index (χ3n) is 3.96. The second-order valence-corrected chi connectivity index (χ2v) is 5.56. The van der Waals surface area contributed by atoms with Crippen molar-refractivity contribution in [2.24, 2.45) is 13.0 Å². The van der Waals surface area contributed by atoms with Crippen LogP contribution in [0, 0.1) is 5.92 Å². The first-order chi connectivity index (χ1) is 11.2. The molecule has 2 aromatic heterocycles. The molecule has 0 spiro atoms. The molecule has 2 atom stereocenters. The van der Waals surface area contributed by atoms with E-state index in [0.717, 1.165) is 11.1 Å². The lowest BCUT2D eigenvalue weighted by atomic mass is 9.96. The van der Waals surface area contributed by atoms with Crippen LogP contribution in [0.15, 0.2) is 30.7 Å². The zero-order chi connectivity index (χ0) is 16.2. The molecule has 0 aliphatic carbocycles. The summed E-state index contributed by atoms with van der Waals surface area (Å²) in [5.74, 6) is 0.337. The molecule has 1 aliphatic rings. The van der Waals surface area contributed by atoms with Gasteiger partial charge in [0.1, 0.15) is 0 Å². The van der Waals surface area contributed by atoms with E-state index in [0.29, 0.717) is 25.5 Å². The number of carbonyl (C=O) groups excluding carboxylic acids is 1. The lowest BCUT2D eigenvalue weighted by Crippen LogP contribution is -2.31. The van der Waals surface area contributed by atoms with Gasteiger partial charge in [-0.05, 0) is 18.1 Å².